The molecule has 1 aromatic heterocycles. The fourth-order valence-electron chi connectivity index (χ4n) is 1.99. The summed E-state index contributed by atoms with van der Waals surface area (Å²) in [5.41, 5.74) is 12.7. The molecule has 0 saturated heterocycles. The predicted molar refractivity (Wildman–Crippen MR) is 85.2 cm³/mol. The van der Waals surface area contributed by atoms with Gasteiger partial charge in [0, 0.05) is 28.2 Å². The van der Waals surface area contributed by atoms with E-state index in [2.05, 4.69) is 30.6 Å². The Morgan fingerprint density at radius 1 is 1.35 bits per heavy atom. The van der Waals surface area contributed by atoms with E-state index >= 15 is 0 Å². The number of nitrogen functional groups attached to an aromatic ring is 1. The second-order valence-corrected chi connectivity index (χ2v) is 6.33. The number of benzene rings is 1. The Kier molecular flexibility index (Phi) is 3.99. The van der Waals surface area contributed by atoms with Crippen molar-refractivity contribution in [2.45, 2.75) is 19.3 Å². The number of carbonyl (C=O) groups excluding carboxylic acids is 1. The quantitative estimate of drug-likeness (QED) is 0.740. The standard InChI is InChI=1S/C15H19N3OS/c1-15(2,13-4-3-7-20-13)9-18-12-6-5-10(16)8-11(12)14(17)19/h3-8,18H,9,16H2,1-2H3,(H2,17,19). The maximum atomic E-state index is 11.5. The maximum absolute atomic E-state index is 11.5. The summed E-state index contributed by atoms with van der Waals surface area (Å²) < 4.78 is 0. The molecule has 2 rings (SSSR count). The number of anilines is 2. The van der Waals surface area contributed by atoms with Gasteiger partial charge in [-0.2, -0.15) is 0 Å². The summed E-state index contributed by atoms with van der Waals surface area (Å²) in [4.78, 5) is 12.7. The van der Waals surface area contributed by atoms with Gasteiger partial charge < -0.3 is 16.8 Å². The van der Waals surface area contributed by atoms with Crippen LogP contribution in [-0.2, 0) is 5.41 Å². The number of nitrogens with one attached hydrogen (secondary N) is 1. The van der Waals surface area contributed by atoms with E-state index in [9.17, 15) is 4.79 Å². The Labute approximate surface area is 122 Å². The fraction of sp³-hybridized carbons (Fsp3) is 0.267. The largest absolute Gasteiger partial charge is 0.399 e. The molecule has 1 aromatic carbocycles. The van der Waals surface area contributed by atoms with Crippen molar-refractivity contribution < 1.29 is 4.79 Å². The lowest BCUT2D eigenvalue weighted by Gasteiger charge is -2.25. The molecule has 0 aliphatic heterocycles. The van der Waals surface area contributed by atoms with E-state index in [1.54, 1.807) is 29.5 Å². The average Bonchev–Trinajstić information content (AvgIpc) is 2.91. The SMILES string of the molecule is CC(C)(CNc1ccc(N)cc1C(N)=O)c1cccs1. The molecule has 0 fully saturated rings. The number of hydrogen-bond donors (Lipinski definition) is 3. The second-order valence-electron chi connectivity index (χ2n) is 5.38. The molecule has 0 unspecified atom stereocenters. The Bertz CT molecular complexity index is 606. The zero-order valence-electron chi connectivity index (χ0n) is 11.6. The molecule has 0 saturated carbocycles. The Hall–Kier alpha value is -2.01. The Morgan fingerprint density at radius 3 is 2.70 bits per heavy atom. The summed E-state index contributed by atoms with van der Waals surface area (Å²) in [6, 6.07) is 9.31. The van der Waals surface area contributed by atoms with Crippen LogP contribution in [0.15, 0.2) is 35.7 Å². The van der Waals surface area contributed by atoms with E-state index in [4.69, 9.17) is 11.5 Å². The topological polar surface area (TPSA) is 81.1 Å². The number of rotatable bonds is 5. The maximum Gasteiger partial charge on any atom is 0.250 e. The smallest absolute Gasteiger partial charge is 0.250 e. The second kappa shape index (κ2) is 5.54. The molecule has 5 N–H and O–H groups in total. The molecule has 1 heterocycles. The first-order valence-corrected chi connectivity index (χ1v) is 7.25. The van der Waals surface area contributed by atoms with Crippen LogP contribution >= 0.6 is 11.3 Å². The van der Waals surface area contributed by atoms with Gasteiger partial charge in [-0.1, -0.05) is 19.9 Å². The van der Waals surface area contributed by atoms with Crippen molar-refractivity contribution in [1.29, 1.82) is 0 Å². The first-order chi connectivity index (χ1) is 9.40. The normalized spacial score (nSPS) is 11.3. The van der Waals surface area contributed by atoms with Crippen molar-refractivity contribution in [1.82, 2.24) is 0 Å². The van der Waals surface area contributed by atoms with E-state index in [-0.39, 0.29) is 5.41 Å². The van der Waals surface area contributed by atoms with E-state index in [0.29, 0.717) is 17.8 Å². The van der Waals surface area contributed by atoms with Gasteiger partial charge in [0.25, 0.3) is 5.91 Å². The number of thiophene rings is 1. The molecule has 106 valence electrons. The van der Waals surface area contributed by atoms with Crippen molar-refractivity contribution in [3.8, 4) is 0 Å². The fourth-order valence-corrected chi connectivity index (χ4v) is 2.84. The lowest BCUT2D eigenvalue weighted by atomic mass is 9.91. The third-order valence-electron chi connectivity index (χ3n) is 3.22. The van der Waals surface area contributed by atoms with Crippen LogP contribution in [0, 0.1) is 0 Å². The zero-order chi connectivity index (χ0) is 14.8. The van der Waals surface area contributed by atoms with Crippen molar-refractivity contribution in [3.05, 3.63) is 46.2 Å². The van der Waals surface area contributed by atoms with E-state index in [1.165, 1.54) is 4.88 Å². The van der Waals surface area contributed by atoms with Gasteiger partial charge in [0.2, 0.25) is 0 Å². The molecule has 2 aromatic rings. The third kappa shape index (κ3) is 3.11. The lowest BCUT2D eigenvalue weighted by molar-refractivity contribution is 0.100. The highest BCUT2D eigenvalue weighted by Gasteiger charge is 2.22. The monoisotopic (exact) mass is 289 g/mol. The summed E-state index contributed by atoms with van der Waals surface area (Å²) in [7, 11) is 0. The third-order valence-corrected chi connectivity index (χ3v) is 4.45. The van der Waals surface area contributed by atoms with Crippen molar-refractivity contribution in [3.63, 3.8) is 0 Å². The lowest BCUT2D eigenvalue weighted by Crippen LogP contribution is -2.27. The van der Waals surface area contributed by atoms with E-state index in [0.717, 1.165) is 5.69 Å². The summed E-state index contributed by atoms with van der Waals surface area (Å²) in [6.07, 6.45) is 0. The van der Waals surface area contributed by atoms with Gasteiger partial charge in [0.1, 0.15) is 0 Å². The van der Waals surface area contributed by atoms with Crippen molar-refractivity contribution in [2.24, 2.45) is 5.73 Å². The minimum atomic E-state index is -0.478. The first kappa shape index (κ1) is 14.4. The van der Waals surface area contributed by atoms with Gasteiger partial charge in [-0.05, 0) is 29.6 Å². The van der Waals surface area contributed by atoms with Crippen LogP contribution in [0.4, 0.5) is 11.4 Å². The summed E-state index contributed by atoms with van der Waals surface area (Å²) in [5, 5.41) is 5.37. The molecule has 0 atom stereocenters. The molecule has 5 heteroatoms. The molecular weight excluding hydrogens is 270 g/mol. The van der Waals surface area contributed by atoms with Gasteiger partial charge >= 0.3 is 0 Å². The number of nitrogens with two attached hydrogens (primary N) is 2. The summed E-state index contributed by atoms with van der Waals surface area (Å²) in [5.74, 6) is -0.478. The van der Waals surface area contributed by atoms with Crippen molar-refractivity contribution >= 4 is 28.6 Å². The van der Waals surface area contributed by atoms with Crippen LogP contribution in [0.5, 0.6) is 0 Å². The minimum absolute atomic E-state index is 0.0233. The molecule has 0 aliphatic carbocycles. The highest BCUT2D eigenvalue weighted by molar-refractivity contribution is 7.10. The van der Waals surface area contributed by atoms with Crippen LogP contribution in [0.25, 0.3) is 0 Å². The van der Waals surface area contributed by atoms with Gasteiger partial charge in [0.05, 0.1) is 5.56 Å². The molecule has 0 radical (unpaired) electrons. The molecular formula is C15H19N3OS. The Balaban J connectivity index is 2.17. The average molecular weight is 289 g/mol. The first-order valence-electron chi connectivity index (χ1n) is 6.37. The van der Waals surface area contributed by atoms with Gasteiger partial charge in [0.15, 0.2) is 0 Å². The van der Waals surface area contributed by atoms with Crippen LogP contribution in [0.1, 0.15) is 29.1 Å². The van der Waals surface area contributed by atoms with Gasteiger partial charge in [-0.25, -0.2) is 0 Å². The van der Waals surface area contributed by atoms with E-state index in [1.807, 2.05) is 6.07 Å². The van der Waals surface area contributed by atoms with Crippen LogP contribution in [-0.4, -0.2) is 12.5 Å². The summed E-state index contributed by atoms with van der Waals surface area (Å²) in [6.45, 7) is 5.03. The summed E-state index contributed by atoms with van der Waals surface area (Å²) >= 11 is 1.73. The van der Waals surface area contributed by atoms with Crippen LogP contribution in [0.3, 0.4) is 0 Å². The van der Waals surface area contributed by atoms with Crippen molar-refractivity contribution in [2.75, 3.05) is 17.6 Å². The Morgan fingerprint density at radius 2 is 2.10 bits per heavy atom. The molecule has 4 nitrogen and oxygen atoms in total. The molecule has 0 aliphatic rings. The van der Waals surface area contributed by atoms with E-state index < -0.39 is 5.91 Å². The minimum Gasteiger partial charge on any atom is -0.399 e. The van der Waals surface area contributed by atoms with Gasteiger partial charge in [-0.15, -0.1) is 11.3 Å². The van der Waals surface area contributed by atoms with Gasteiger partial charge in [-0.3, -0.25) is 4.79 Å². The van der Waals surface area contributed by atoms with Crippen LogP contribution in [0.2, 0.25) is 0 Å². The van der Waals surface area contributed by atoms with Crippen LogP contribution < -0.4 is 16.8 Å². The number of amides is 1. The predicted octanol–water partition coefficient (Wildman–Crippen LogP) is 2.82. The number of hydrogen-bond acceptors (Lipinski definition) is 4. The molecule has 0 spiro atoms. The number of primary amides is 1. The highest BCUT2D eigenvalue weighted by atomic mass is 32.1. The number of carbonyl (C=O) groups is 1. The molecule has 0 bridgehead atoms. The molecule has 1 amide bonds. The zero-order valence-corrected chi connectivity index (χ0v) is 12.5. The highest BCUT2D eigenvalue weighted by Crippen LogP contribution is 2.28. The molecule has 20 heavy (non-hydrogen) atoms.